The zero-order valence-electron chi connectivity index (χ0n) is 15.6. The largest absolute Gasteiger partial charge is 0.395 e. The summed E-state index contributed by atoms with van der Waals surface area (Å²) >= 11 is 6.97. The van der Waals surface area contributed by atoms with Gasteiger partial charge in [0.05, 0.1) is 17.3 Å². The number of sulfonamides is 1. The molecule has 0 aliphatic rings. The SMILES string of the molecule is O=S(=O)(Nc1ncns1)c1cc(Cl)c(NCCCCNCCNCCO)cc1F. The Morgan fingerprint density at radius 3 is 2.52 bits per heavy atom. The van der Waals surface area contributed by atoms with Gasteiger partial charge < -0.3 is 21.1 Å². The number of nitrogens with zero attached hydrogens (tertiary/aromatic N) is 2. The molecule has 0 saturated carbocycles. The van der Waals surface area contributed by atoms with Crippen LogP contribution < -0.4 is 20.7 Å². The van der Waals surface area contributed by atoms with Crippen LogP contribution in [0, 0.1) is 5.82 Å². The van der Waals surface area contributed by atoms with Gasteiger partial charge in [0.2, 0.25) is 5.13 Å². The zero-order chi connectivity index (χ0) is 21.1. The first-order chi connectivity index (χ1) is 13.9. The van der Waals surface area contributed by atoms with Gasteiger partial charge in [-0.1, -0.05) is 11.6 Å². The van der Waals surface area contributed by atoms with E-state index in [1.165, 1.54) is 6.33 Å². The minimum absolute atomic E-state index is 0.0421. The molecule has 0 aliphatic heterocycles. The Labute approximate surface area is 178 Å². The van der Waals surface area contributed by atoms with Crippen LogP contribution in [0.25, 0.3) is 0 Å². The molecular weight excluding hydrogens is 443 g/mol. The van der Waals surface area contributed by atoms with Gasteiger partial charge in [0.25, 0.3) is 10.0 Å². The van der Waals surface area contributed by atoms with Gasteiger partial charge in [0, 0.05) is 37.7 Å². The summed E-state index contributed by atoms with van der Waals surface area (Å²) in [4.78, 5) is 3.16. The lowest BCUT2D eigenvalue weighted by molar-refractivity contribution is 0.292. The third kappa shape index (κ3) is 7.99. The van der Waals surface area contributed by atoms with Crippen molar-refractivity contribution in [3.05, 3.63) is 29.3 Å². The highest BCUT2D eigenvalue weighted by Gasteiger charge is 2.22. The Bertz CT molecular complexity index is 855. The smallest absolute Gasteiger partial charge is 0.266 e. The van der Waals surface area contributed by atoms with Crippen LogP contribution in [-0.2, 0) is 10.0 Å². The summed E-state index contributed by atoms with van der Waals surface area (Å²) in [6.07, 6.45) is 2.93. The van der Waals surface area contributed by atoms with Crippen molar-refractivity contribution in [2.24, 2.45) is 0 Å². The van der Waals surface area contributed by atoms with E-state index in [2.05, 4.69) is 30.0 Å². The lowest BCUT2D eigenvalue weighted by Crippen LogP contribution is -2.29. The zero-order valence-corrected chi connectivity index (χ0v) is 18.0. The molecule has 0 atom stereocenters. The van der Waals surface area contributed by atoms with E-state index in [-0.39, 0.29) is 16.8 Å². The average molecular weight is 467 g/mol. The molecule has 9 nitrogen and oxygen atoms in total. The molecular formula is C16H24ClFN6O3S2. The topological polar surface area (TPSA) is 128 Å². The van der Waals surface area contributed by atoms with Gasteiger partial charge >= 0.3 is 0 Å². The lowest BCUT2D eigenvalue weighted by atomic mass is 10.2. The molecule has 0 unspecified atom stereocenters. The maximum Gasteiger partial charge on any atom is 0.266 e. The molecule has 0 bridgehead atoms. The normalized spacial score (nSPS) is 11.6. The van der Waals surface area contributed by atoms with E-state index in [0.29, 0.717) is 18.8 Å². The number of aliphatic hydroxyl groups excluding tert-OH is 1. The average Bonchev–Trinajstić information content (AvgIpc) is 3.17. The van der Waals surface area contributed by atoms with E-state index >= 15 is 0 Å². The van der Waals surface area contributed by atoms with Crippen LogP contribution in [0.2, 0.25) is 5.02 Å². The van der Waals surface area contributed by atoms with Crippen molar-refractivity contribution in [2.75, 3.05) is 49.4 Å². The Morgan fingerprint density at radius 2 is 1.83 bits per heavy atom. The van der Waals surface area contributed by atoms with Crippen LogP contribution in [0.3, 0.4) is 0 Å². The third-order valence-corrected chi connectivity index (χ3v) is 6.13. The fourth-order valence-electron chi connectivity index (χ4n) is 2.36. The molecule has 1 aromatic heterocycles. The first kappa shape index (κ1) is 23.7. The number of hydrogen-bond acceptors (Lipinski definition) is 9. The highest BCUT2D eigenvalue weighted by molar-refractivity contribution is 7.93. The quantitative estimate of drug-likeness (QED) is 0.265. The van der Waals surface area contributed by atoms with Crippen LogP contribution >= 0.6 is 23.1 Å². The van der Waals surface area contributed by atoms with Crippen molar-refractivity contribution in [3.8, 4) is 0 Å². The number of rotatable bonds is 14. The number of halogens is 2. The molecule has 2 aromatic rings. The highest BCUT2D eigenvalue weighted by Crippen LogP contribution is 2.29. The van der Waals surface area contributed by atoms with Crippen molar-refractivity contribution < 1.29 is 17.9 Å². The van der Waals surface area contributed by atoms with Gasteiger partial charge in [-0.15, -0.1) is 0 Å². The Morgan fingerprint density at radius 1 is 1.10 bits per heavy atom. The van der Waals surface area contributed by atoms with Gasteiger partial charge in [-0.3, -0.25) is 4.72 Å². The molecule has 0 radical (unpaired) electrons. The van der Waals surface area contributed by atoms with Crippen molar-refractivity contribution in [3.63, 3.8) is 0 Å². The van der Waals surface area contributed by atoms with Crippen LogP contribution in [0.1, 0.15) is 12.8 Å². The standard InChI is InChI=1S/C16H24ClFN6O3S2/c17-12-9-15(29(26,27)24-16-22-11-23-28-16)13(18)10-14(12)21-4-2-1-3-19-5-6-20-7-8-25/h9-11,19-21,25H,1-8H2,(H,22,23,24). The van der Waals surface area contributed by atoms with Gasteiger partial charge in [-0.05, 0) is 31.5 Å². The number of aliphatic hydroxyl groups is 1. The number of nitrogens with one attached hydrogen (secondary N) is 4. The maximum absolute atomic E-state index is 14.4. The summed E-state index contributed by atoms with van der Waals surface area (Å²) in [7, 11) is -4.15. The molecule has 0 saturated heterocycles. The first-order valence-electron chi connectivity index (χ1n) is 8.98. The monoisotopic (exact) mass is 466 g/mol. The Kier molecular flexibility index (Phi) is 9.97. The van der Waals surface area contributed by atoms with Crippen molar-refractivity contribution >= 4 is 44.0 Å². The minimum Gasteiger partial charge on any atom is -0.395 e. The van der Waals surface area contributed by atoms with Crippen LogP contribution in [0.4, 0.5) is 15.2 Å². The maximum atomic E-state index is 14.4. The van der Waals surface area contributed by atoms with E-state index in [1.54, 1.807) is 0 Å². The molecule has 5 N–H and O–H groups in total. The fourth-order valence-corrected chi connectivity index (χ4v) is 4.40. The lowest BCUT2D eigenvalue weighted by Gasteiger charge is -2.12. The number of benzene rings is 1. The number of unbranched alkanes of at least 4 members (excludes halogenated alkanes) is 1. The van der Waals surface area contributed by atoms with Crippen molar-refractivity contribution in [1.82, 2.24) is 20.0 Å². The first-order valence-corrected chi connectivity index (χ1v) is 11.6. The van der Waals surface area contributed by atoms with E-state index in [9.17, 15) is 12.8 Å². The molecule has 162 valence electrons. The summed E-state index contributed by atoms with van der Waals surface area (Å²) in [6.45, 7) is 3.71. The fraction of sp³-hybridized carbons (Fsp3) is 0.500. The number of hydrogen-bond donors (Lipinski definition) is 5. The summed E-state index contributed by atoms with van der Waals surface area (Å²) < 4.78 is 44.9. The molecule has 0 spiro atoms. The third-order valence-electron chi connectivity index (χ3n) is 3.76. The van der Waals surface area contributed by atoms with Crippen LogP contribution in [0.15, 0.2) is 23.4 Å². The number of anilines is 2. The van der Waals surface area contributed by atoms with E-state index in [1.807, 2.05) is 0 Å². The molecule has 0 amide bonds. The van der Waals surface area contributed by atoms with Gasteiger partial charge in [-0.25, -0.2) is 17.8 Å². The second-order valence-electron chi connectivity index (χ2n) is 5.97. The Balaban J connectivity index is 1.79. The van der Waals surface area contributed by atoms with Gasteiger partial charge in [0.15, 0.2) is 0 Å². The predicted octanol–water partition coefficient (Wildman–Crippen LogP) is 1.49. The van der Waals surface area contributed by atoms with Crippen LogP contribution in [0.5, 0.6) is 0 Å². The number of aromatic nitrogens is 2. The molecule has 1 aromatic carbocycles. The second kappa shape index (κ2) is 12.2. The summed E-state index contributed by atoms with van der Waals surface area (Å²) in [5.74, 6) is -0.911. The Hall–Kier alpha value is -1.57. The predicted molar refractivity (Wildman–Crippen MR) is 113 cm³/mol. The summed E-state index contributed by atoms with van der Waals surface area (Å²) in [5, 5.41) is 18.1. The molecule has 0 aliphatic carbocycles. The summed E-state index contributed by atoms with van der Waals surface area (Å²) in [6, 6.07) is 2.14. The highest BCUT2D eigenvalue weighted by atomic mass is 35.5. The van der Waals surface area contributed by atoms with Gasteiger partial charge in [-0.2, -0.15) is 4.37 Å². The molecule has 1 heterocycles. The van der Waals surface area contributed by atoms with Gasteiger partial charge in [0.1, 0.15) is 17.0 Å². The van der Waals surface area contributed by atoms with E-state index < -0.39 is 20.7 Å². The van der Waals surface area contributed by atoms with E-state index in [4.69, 9.17) is 16.7 Å². The minimum atomic E-state index is -4.15. The second-order valence-corrected chi connectivity index (χ2v) is 8.81. The molecule has 2 rings (SSSR count). The van der Waals surface area contributed by atoms with Crippen molar-refractivity contribution in [1.29, 1.82) is 0 Å². The van der Waals surface area contributed by atoms with Crippen molar-refractivity contribution in [2.45, 2.75) is 17.7 Å². The summed E-state index contributed by atoms with van der Waals surface area (Å²) in [5.41, 5.74) is 0.334. The van der Waals surface area contributed by atoms with Crippen LogP contribution in [-0.4, -0.2) is 62.2 Å². The molecule has 0 fully saturated rings. The molecule has 29 heavy (non-hydrogen) atoms. The molecule has 13 heteroatoms. The van der Waals surface area contributed by atoms with E-state index in [0.717, 1.165) is 56.1 Å².